The molecule has 4 rings (SSSR count). The molecule has 0 amide bonds. The Bertz CT molecular complexity index is 976. The van der Waals surface area contributed by atoms with Crippen molar-refractivity contribution in [1.29, 1.82) is 0 Å². The summed E-state index contributed by atoms with van der Waals surface area (Å²) in [5.41, 5.74) is 3.32. The van der Waals surface area contributed by atoms with Crippen LogP contribution < -0.4 is 5.44 Å². The fraction of sp³-hybridized carbons (Fsp3) is 0.263. The van der Waals surface area contributed by atoms with Crippen LogP contribution in [0.4, 0.5) is 4.39 Å². The third-order valence-electron chi connectivity index (χ3n) is 4.51. The van der Waals surface area contributed by atoms with Crippen LogP contribution in [0.1, 0.15) is 5.69 Å². The Morgan fingerprint density at radius 2 is 1.88 bits per heavy atom. The van der Waals surface area contributed by atoms with Crippen LogP contribution in [0, 0.1) is 12.7 Å². The molecule has 134 valence electrons. The Kier molecular flexibility index (Phi) is 5.11. The second-order valence-corrected chi connectivity index (χ2v) is 9.37. The second-order valence-electron chi connectivity index (χ2n) is 6.18. The fourth-order valence-corrected chi connectivity index (χ4v) is 5.40. The van der Waals surface area contributed by atoms with Gasteiger partial charge in [-0.05, 0) is 31.4 Å². The lowest BCUT2D eigenvalue weighted by Crippen LogP contribution is -2.20. The van der Waals surface area contributed by atoms with E-state index in [1.807, 2.05) is 12.1 Å². The number of rotatable bonds is 2. The van der Waals surface area contributed by atoms with Crippen LogP contribution in [0.2, 0.25) is 10.0 Å². The molecule has 0 radical (unpaired) electrons. The monoisotopic (exact) mass is 408 g/mol. The number of fused-ring (bicyclic) bond motifs is 1. The zero-order valence-corrected chi connectivity index (χ0v) is 16.5. The van der Waals surface area contributed by atoms with Gasteiger partial charge in [0.15, 0.2) is 0 Å². The van der Waals surface area contributed by atoms with E-state index in [1.54, 1.807) is 19.2 Å². The highest BCUT2D eigenvalue weighted by molar-refractivity contribution is 7.65. The minimum atomic E-state index is -0.353. The fourth-order valence-electron chi connectivity index (χ4n) is 3.08. The molecule has 3 heterocycles. The molecule has 1 saturated heterocycles. The Morgan fingerprint density at radius 3 is 2.58 bits per heavy atom. The Balaban J connectivity index is 1.75. The number of benzene rings is 1. The largest absolute Gasteiger partial charge is 0.381 e. The third kappa shape index (κ3) is 3.32. The molecule has 3 nitrogen and oxygen atoms in total. The minimum Gasteiger partial charge on any atom is -0.381 e. The van der Waals surface area contributed by atoms with Gasteiger partial charge in [0.25, 0.3) is 0 Å². The normalized spacial score (nSPS) is 15.5. The molecule has 0 atom stereocenters. The number of aromatic nitrogens is 2. The van der Waals surface area contributed by atoms with Crippen molar-refractivity contribution in [3.63, 3.8) is 0 Å². The number of ether oxygens (including phenoxy) is 1. The van der Waals surface area contributed by atoms with Gasteiger partial charge in [-0.1, -0.05) is 37.2 Å². The van der Waals surface area contributed by atoms with Gasteiger partial charge in [-0.2, -0.15) is 0 Å². The van der Waals surface area contributed by atoms with Gasteiger partial charge in [-0.25, -0.2) is 4.39 Å². The molecule has 0 bridgehead atoms. The molecular formula is C19H16Cl2FN2OP. The summed E-state index contributed by atoms with van der Waals surface area (Å²) in [6.45, 7) is 3.33. The third-order valence-corrected chi connectivity index (χ3v) is 7.82. The van der Waals surface area contributed by atoms with E-state index in [4.69, 9.17) is 27.9 Å². The molecule has 3 aromatic rings. The van der Waals surface area contributed by atoms with Crippen molar-refractivity contribution in [1.82, 2.24) is 9.97 Å². The summed E-state index contributed by atoms with van der Waals surface area (Å²) >= 11 is 12.5. The average Bonchev–Trinajstić information content (AvgIpc) is 2.67. The molecular weight excluding hydrogens is 393 g/mol. The van der Waals surface area contributed by atoms with E-state index in [0.717, 1.165) is 31.0 Å². The first-order chi connectivity index (χ1) is 12.5. The van der Waals surface area contributed by atoms with E-state index in [1.165, 1.54) is 6.07 Å². The van der Waals surface area contributed by atoms with E-state index in [0.29, 0.717) is 37.8 Å². The Labute approximate surface area is 162 Å². The summed E-state index contributed by atoms with van der Waals surface area (Å²) in [7, 11) is -0.276. The lowest BCUT2D eigenvalue weighted by molar-refractivity contribution is 0.159. The van der Waals surface area contributed by atoms with Gasteiger partial charge >= 0.3 is 0 Å². The molecule has 0 N–H and O–H groups in total. The number of hydrogen-bond acceptors (Lipinski definition) is 3. The lowest BCUT2D eigenvalue weighted by atomic mass is 10.0. The Morgan fingerprint density at radius 1 is 1.12 bits per heavy atom. The van der Waals surface area contributed by atoms with Crippen LogP contribution in [0.15, 0.2) is 30.5 Å². The van der Waals surface area contributed by atoms with Crippen molar-refractivity contribution in [2.75, 3.05) is 25.5 Å². The molecule has 1 aliphatic rings. The molecule has 0 aliphatic carbocycles. The minimum absolute atomic E-state index is 0.276. The van der Waals surface area contributed by atoms with Gasteiger partial charge in [0.2, 0.25) is 0 Å². The number of aryl methyl sites for hydroxylation is 1. The first-order valence-corrected chi connectivity index (χ1v) is 10.8. The first-order valence-electron chi connectivity index (χ1n) is 8.28. The van der Waals surface area contributed by atoms with E-state index in [9.17, 15) is 4.39 Å². The molecule has 1 aromatic carbocycles. The molecule has 2 aromatic heterocycles. The lowest BCUT2D eigenvalue weighted by Gasteiger charge is -2.22. The van der Waals surface area contributed by atoms with E-state index in [-0.39, 0.29) is 13.7 Å². The predicted molar refractivity (Wildman–Crippen MR) is 107 cm³/mol. The molecule has 1 aliphatic heterocycles. The average molecular weight is 409 g/mol. The summed E-state index contributed by atoms with van der Waals surface area (Å²) in [4.78, 5) is 8.91. The molecule has 0 saturated carbocycles. The zero-order chi connectivity index (χ0) is 18.3. The van der Waals surface area contributed by atoms with Crippen molar-refractivity contribution >= 4 is 47.5 Å². The number of hydrogen-bond donors (Lipinski definition) is 0. The summed E-state index contributed by atoms with van der Waals surface area (Å²) in [5, 5.41) is 1.43. The zero-order valence-electron chi connectivity index (χ0n) is 14.1. The SMILES string of the molecule is Cc1nc2cc(F)c(-c3ccc(P4CCOCC4)nc3)cc2c(Cl)c1Cl. The van der Waals surface area contributed by atoms with Gasteiger partial charge in [0, 0.05) is 28.8 Å². The van der Waals surface area contributed by atoms with Crippen LogP contribution in [-0.2, 0) is 4.74 Å². The maximum Gasteiger partial charge on any atom is 0.133 e. The van der Waals surface area contributed by atoms with E-state index < -0.39 is 0 Å². The topological polar surface area (TPSA) is 35.0 Å². The van der Waals surface area contributed by atoms with Gasteiger partial charge in [-0.15, -0.1) is 0 Å². The second kappa shape index (κ2) is 7.36. The molecule has 0 spiro atoms. The maximum absolute atomic E-state index is 14.7. The van der Waals surface area contributed by atoms with Crippen LogP contribution in [-0.4, -0.2) is 35.5 Å². The van der Waals surface area contributed by atoms with E-state index >= 15 is 0 Å². The van der Waals surface area contributed by atoms with Crippen molar-refractivity contribution in [2.24, 2.45) is 0 Å². The van der Waals surface area contributed by atoms with Gasteiger partial charge in [0.1, 0.15) is 5.82 Å². The molecule has 0 unspecified atom stereocenters. The predicted octanol–water partition coefficient (Wildman–Crippen LogP) is 5.19. The summed E-state index contributed by atoms with van der Waals surface area (Å²) < 4.78 is 20.1. The van der Waals surface area contributed by atoms with Crippen LogP contribution in [0.3, 0.4) is 0 Å². The van der Waals surface area contributed by atoms with Gasteiger partial charge in [-0.3, -0.25) is 9.97 Å². The molecule has 7 heteroatoms. The van der Waals surface area contributed by atoms with Crippen LogP contribution in [0.5, 0.6) is 0 Å². The quantitative estimate of drug-likeness (QED) is 0.547. The summed E-state index contributed by atoms with van der Waals surface area (Å²) in [5.74, 6) is -0.353. The molecule has 1 fully saturated rings. The van der Waals surface area contributed by atoms with Crippen LogP contribution in [0.25, 0.3) is 22.0 Å². The van der Waals surface area contributed by atoms with E-state index in [2.05, 4.69) is 9.97 Å². The van der Waals surface area contributed by atoms with Crippen LogP contribution >= 0.6 is 31.1 Å². The van der Waals surface area contributed by atoms with Crippen molar-refractivity contribution < 1.29 is 9.13 Å². The number of nitrogens with zero attached hydrogens (tertiary/aromatic N) is 2. The highest BCUT2D eigenvalue weighted by atomic mass is 35.5. The van der Waals surface area contributed by atoms with Crippen molar-refractivity contribution in [3.8, 4) is 11.1 Å². The highest BCUT2D eigenvalue weighted by Crippen LogP contribution is 2.37. The van der Waals surface area contributed by atoms with Crippen molar-refractivity contribution in [2.45, 2.75) is 6.92 Å². The summed E-state index contributed by atoms with van der Waals surface area (Å²) in [6, 6.07) is 7.01. The van der Waals surface area contributed by atoms with Gasteiger partial charge in [0.05, 0.1) is 39.9 Å². The highest BCUT2D eigenvalue weighted by Gasteiger charge is 2.18. The number of pyridine rings is 2. The number of halogens is 3. The maximum atomic E-state index is 14.7. The summed E-state index contributed by atoms with van der Waals surface area (Å²) in [6.07, 6.45) is 3.80. The molecule has 26 heavy (non-hydrogen) atoms. The smallest absolute Gasteiger partial charge is 0.133 e. The Hall–Kier alpha value is -1.32. The standard InChI is InChI=1S/C19H16Cl2FN2OP/c1-11-18(20)19(21)14-8-13(15(22)9-16(14)24-11)12-2-3-17(23-10-12)26-6-4-25-5-7-26/h2-3,8-10H,4-7H2,1H3. The first kappa shape index (κ1) is 18.1. The van der Waals surface area contributed by atoms with Crippen molar-refractivity contribution in [3.05, 3.63) is 52.0 Å². The van der Waals surface area contributed by atoms with Gasteiger partial charge < -0.3 is 4.74 Å².